The Morgan fingerprint density at radius 1 is 1.00 bits per heavy atom. The van der Waals surface area contributed by atoms with Gasteiger partial charge in [-0.05, 0) is 95.4 Å². The maximum atomic E-state index is 13.9. The quantitative estimate of drug-likeness (QED) is 0.144. The average molecular weight is 684 g/mol. The van der Waals surface area contributed by atoms with Gasteiger partial charge in [-0.15, -0.1) is 0 Å². The molecule has 0 bridgehead atoms. The van der Waals surface area contributed by atoms with E-state index in [1.165, 1.54) is 4.68 Å². The highest BCUT2D eigenvalue weighted by atomic mass is 79.9. The van der Waals surface area contributed by atoms with Crippen LogP contribution in [-0.4, -0.2) is 42.1 Å². The Kier molecular flexibility index (Phi) is 10.2. The highest BCUT2D eigenvalue weighted by Crippen LogP contribution is 2.35. The first kappa shape index (κ1) is 32.4. The molecule has 0 radical (unpaired) electrons. The molecule has 0 aliphatic carbocycles. The van der Waals surface area contributed by atoms with Gasteiger partial charge in [0.25, 0.3) is 11.5 Å². The number of methoxy groups -OCH3 is 1. The molecule has 1 amide bonds. The fourth-order valence-corrected chi connectivity index (χ4v) is 5.41. The summed E-state index contributed by atoms with van der Waals surface area (Å²) in [5, 5.41) is 7.92. The Labute approximate surface area is 276 Å². The van der Waals surface area contributed by atoms with E-state index < -0.39 is 0 Å². The molecule has 0 atom stereocenters. The van der Waals surface area contributed by atoms with Gasteiger partial charge in [0.2, 0.25) is 0 Å². The van der Waals surface area contributed by atoms with Crippen molar-refractivity contribution in [1.82, 2.24) is 9.66 Å². The fraction of sp³-hybridized carbons (Fsp3) is 0.222. The van der Waals surface area contributed by atoms with Gasteiger partial charge in [-0.1, -0.05) is 44.2 Å². The monoisotopic (exact) mass is 682 g/mol. The first-order valence-corrected chi connectivity index (χ1v) is 15.7. The van der Waals surface area contributed by atoms with Crippen LogP contribution < -0.4 is 25.1 Å². The molecule has 1 aromatic heterocycles. The maximum Gasteiger partial charge on any atom is 0.282 e. The molecule has 5 aromatic rings. The second-order valence-electron chi connectivity index (χ2n) is 10.8. The predicted octanol–water partition coefficient (Wildman–Crippen LogP) is 7.56. The molecule has 0 spiro atoms. The molecule has 1 N–H and O–H groups in total. The third kappa shape index (κ3) is 7.13. The second kappa shape index (κ2) is 14.4. The van der Waals surface area contributed by atoms with E-state index in [1.807, 2.05) is 56.3 Å². The number of hydrogen-bond donors (Lipinski definition) is 1. The van der Waals surface area contributed by atoms with Crippen molar-refractivity contribution in [3.8, 4) is 28.6 Å². The lowest BCUT2D eigenvalue weighted by molar-refractivity contribution is -0.118. The average Bonchev–Trinajstić information content (AvgIpc) is 3.05. The summed E-state index contributed by atoms with van der Waals surface area (Å²) in [6, 6.07) is 23.8. The number of amides is 1. The molecule has 46 heavy (non-hydrogen) atoms. The number of fused-ring (bicyclic) bond motifs is 1. The van der Waals surface area contributed by atoms with Crippen LogP contribution in [0.3, 0.4) is 0 Å². The van der Waals surface area contributed by atoms with Crippen LogP contribution in [0.4, 0.5) is 5.69 Å². The Balaban J connectivity index is 1.53. The van der Waals surface area contributed by atoms with E-state index in [4.69, 9.17) is 19.2 Å². The Morgan fingerprint density at radius 2 is 1.72 bits per heavy atom. The number of benzene rings is 4. The van der Waals surface area contributed by atoms with Gasteiger partial charge in [-0.3, -0.25) is 9.59 Å². The topological polar surface area (TPSA) is 104 Å². The smallest absolute Gasteiger partial charge is 0.282 e. The molecule has 0 saturated carbocycles. The summed E-state index contributed by atoms with van der Waals surface area (Å²) < 4.78 is 19.3. The van der Waals surface area contributed by atoms with E-state index >= 15 is 0 Å². The van der Waals surface area contributed by atoms with Crippen LogP contribution in [0.2, 0.25) is 0 Å². The van der Waals surface area contributed by atoms with Gasteiger partial charge in [0.1, 0.15) is 5.75 Å². The lowest BCUT2D eigenvalue weighted by atomic mass is 9.96. The van der Waals surface area contributed by atoms with Gasteiger partial charge in [-0.25, -0.2) is 4.98 Å². The molecule has 0 saturated heterocycles. The molecule has 5 rings (SSSR count). The number of carbonyl (C=O) groups excluding carboxylic acids is 1. The van der Waals surface area contributed by atoms with Gasteiger partial charge in [0.15, 0.2) is 23.9 Å². The standard InChI is InChI=1S/C36H35BrN4O5/c1-6-45-32-17-24(29(37)19-33(32)46-21-34(42)39-25-12-8-7-9-13-25)20-38-41-35(40-30-15-11-10-14-26(30)36(41)43)28-18-27(22(2)3)31(44-5)16-23(28)4/h7-20,22H,6,21H2,1-5H3,(H,39,42). The van der Waals surface area contributed by atoms with Gasteiger partial charge in [0, 0.05) is 21.3 Å². The third-order valence-electron chi connectivity index (χ3n) is 7.28. The van der Waals surface area contributed by atoms with Crippen molar-refractivity contribution >= 4 is 44.6 Å². The number of rotatable bonds is 11. The molecule has 236 valence electrons. The van der Waals surface area contributed by atoms with E-state index in [1.54, 1.807) is 49.7 Å². The number of nitrogens with zero attached hydrogens (tertiary/aromatic N) is 3. The zero-order chi connectivity index (χ0) is 32.8. The summed E-state index contributed by atoms with van der Waals surface area (Å²) in [5.74, 6) is 1.87. The third-order valence-corrected chi connectivity index (χ3v) is 7.97. The number of ether oxygens (including phenoxy) is 3. The summed E-state index contributed by atoms with van der Waals surface area (Å²) in [7, 11) is 1.65. The predicted molar refractivity (Wildman–Crippen MR) is 186 cm³/mol. The minimum Gasteiger partial charge on any atom is -0.496 e. The number of hydrogen-bond acceptors (Lipinski definition) is 7. The molecule has 0 unspecified atom stereocenters. The second-order valence-corrected chi connectivity index (χ2v) is 11.7. The molecule has 0 aliphatic heterocycles. The van der Waals surface area contributed by atoms with E-state index in [9.17, 15) is 9.59 Å². The van der Waals surface area contributed by atoms with Crippen molar-refractivity contribution in [3.63, 3.8) is 0 Å². The number of nitrogens with one attached hydrogen (secondary N) is 1. The van der Waals surface area contributed by atoms with Gasteiger partial charge in [0.05, 0.1) is 30.8 Å². The van der Waals surface area contributed by atoms with Crippen LogP contribution in [0.1, 0.15) is 43.4 Å². The SMILES string of the molecule is CCOc1cc(C=Nn2c(-c3cc(C(C)C)c(OC)cc3C)nc3ccccc3c2=O)c(Br)cc1OCC(=O)Nc1ccccc1. The summed E-state index contributed by atoms with van der Waals surface area (Å²) in [6.07, 6.45) is 1.57. The first-order chi connectivity index (χ1) is 22.2. The summed E-state index contributed by atoms with van der Waals surface area (Å²) >= 11 is 3.60. The first-order valence-electron chi connectivity index (χ1n) is 14.9. The van der Waals surface area contributed by atoms with Crippen molar-refractivity contribution < 1.29 is 19.0 Å². The van der Waals surface area contributed by atoms with Gasteiger partial charge >= 0.3 is 0 Å². The van der Waals surface area contributed by atoms with E-state index in [0.29, 0.717) is 50.6 Å². The zero-order valence-corrected chi connectivity index (χ0v) is 27.9. The minimum atomic E-state index is -0.305. The summed E-state index contributed by atoms with van der Waals surface area (Å²) in [4.78, 5) is 31.3. The van der Waals surface area contributed by atoms with Crippen LogP contribution in [0.25, 0.3) is 22.3 Å². The highest BCUT2D eigenvalue weighted by molar-refractivity contribution is 9.10. The van der Waals surface area contributed by atoms with E-state index in [-0.39, 0.29) is 24.0 Å². The molecule has 4 aromatic carbocycles. The summed E-state index contributed by atoms with van der Waals surface area (Å²) in [6.45, 7) is 8.16. The van der Waals surface area contributed by atoms with E-state index in [2.05, 4.69) is 40.2 Å². The molecule has 1 heterocycles. The Hall–Kier alpha value is -4.96. The Bertz CT molecular complexity index is 1970. The minimum absolute atomic E-state index is 0.177. The molecule has 9 nitrogen and oxygen atoms in total. The number of halogens is 1. The number of anilines is 1. The number of para-hydroxylation sites is 2. The van der Waals surface area contributed by atoms with Crippen LogP contribution in [-0.2, 0) is 4.79 Å². The fourth-order valence-electron chi connectivity index (χ4n) is 4.98. The highest BCUT2D eigenvalue weighted by Gasteiger charge is 2.19. The van der Waals surface area contributed by atoms with Crippen molar-refractivity contribution in [2.75, 3.05) is 25.6 Å². The van der Waals surface area contributed by atoms with Gasteiger partial charge < -0.3 is 19.5 Å². The van der Waals surface area contributed by atoms with Crippen LogP contribution in [0.5, 0.6) is 17.2 Å². The van der Waals surface area contributed by atoms with Crippen LogP contribution in [0, 0.1) is 6.92 Å². The lowest BCUT2D eigenvalue weighted by Gasteiger charge is -2.17. The molecule has 0 aliphatic rings. The molecule has 0 fully saturated rings. The van der Waals surface area contributed by atoms with Crippen molar-refractivity contribution in [1.29, 1.82) is 0 Å². The van der Waals surface area contributed by atoms with E-state index in [0.717, 1.165) is 22.4 Å². The normalized spacial score (nSPS) is 11.3. The largest absolute Gasteiger partial charge is 0.496 e. The Morgan fingerprint density at radius 3 is 2.43 bits per heavy atom. The summed E-state index contributed by atoms with van der Waals surface area (Å²) in [5.41, 5.74) is 4.25. The zero-order valence-electron chi connectivity index (χ0n) is 26.3. The van der Waals surface area contributed by atoms with Gasteiger partial charge in [-0.2, -0.15) is 9.78 Å². The maximum absolute atomic E-state index is 13.9. The molecule has 10 heteroatoms. The molecular weight excluding hydrogens is 648 g/mol. The molecular formula is C36H35BrN4O5. The number of carbonyl (C=O) groups is 1. The number of aromatic nitrogens is 2. The van der Waals surface area contributed by atoms with Crippen molar-refractivity contribution in [3.05, 3.63) is 110 Å². The van der Waals surface area contributed by atoms with Crippen molar-refractivity contribution in [2.45, 2.75) is 33.6 Å². The van der Waals surface area contributed by atoms with Crippen molar-refractivity contribution in [2.24, 2.45) is 5.10 Å². The van der Waals surface area contributed by atoms with Crippen LogP contribution in [0.15, 0.2) is 93.2 Å². The van der Waals surface area contributed by atoms with Crippen LogP contribution >= 0.6 is 15.9 Å². The lowest BCUT2D eigenvalue weighted by Crippen LogP contribution is -2.21. The number of aryl methyl sites for hydroxylation is 1.